The molecule has 0 aromatic carbocycles. The normalized spacial score (nSPS) is 34.7. The molecule has 0 amide bonds. The van der Waals surface area contributed by atoms with Crippen molar-refractivity contribution in [3.63, 3.8) is 0 Å². The minimum atomic E-state index is -0.766. The fourth-order valence-electron chi connectivity index (χ4n) is 6.56. The standard InChI is InChI=1S/C36H66O13/c1-11-13-15-37-17-25-27(44-33(3,4)42-25)19-39-21-29-31(48-35(7,8)46-29)23-41-24-32-30(47-36(9,10)49-32)22-40-20-28-26(18-38-16-14-12-2)43-34(5,6)45-28/h25-32H,11-24H2,1-10H3. The molecule has 0 aromatic heterocycles. The molecule has 4 saturated heterocycles. The van der Waals surface area contributed by atoms with Crippen LogP contribution in [0.25, 0.3) is 0 Å². The van der Waals surface area contributed by atoms with Crippen molar-refractivity contribution in [2.24, 2.45) is 0 Å². The van der Waals surface area contributed by atoms with Gasteiger partial charge in [-0.1, -0.05) is 26.7 Å². The molecule has 0 N–H and O–H groups in total. The Bertz CT molecular complexity index is 885. The average Bonchev–Trinajstić information content (AvgIpc) is 3.67. The second-order valence-electron chi connectivity index (χ2n) is 15.3. The highest BCUT2D eigenvalue weighted by Gasteiger charge is 2.46. The van der Waals surface area contributed by atoms with Gasteiger partial charge in [-0.05, 0) is 68.2 Å². The summed E-state index contributed by atoms with van der Waals surface area (Å²) in [7, 11) is 0. The zero-order valence-corrected chi connectivity index (χ0v) is 31.8. The summed E-state index contributed by atoms with van der Waals surface area (Å²) >= 11 is 0. The topological polar surface area (TPSA) is 120 Å². The van der Waals surface area contributed by atoms with E-state index in [0.717, 1.165) is 25.7 Å². The van der Waals surface area contributed by atoms with Crippen LogP contribution in [0.15, 0.2) is 0 Å². The van der Waals surface area contributed by atoms with Gasteiger partial charge in [-0.25, -0.2) is 0 Å². The first-order chi connectivity index (χ1) is 23.1. The zero-order chi connectivity index (χ0) is 35.7. The van der Waals surface area contributed by atoms with E-state index in [1.165, 1.54) is 0 Å². The van der Waals surface area contributed by atoms with E-state index < -0.39 is 23.1 Å². The van der Waals surface area contributed by atoms with Crippen LogP contribution in [0, 0.1) is 0 Å². The largest absolute Gasteiger partial charge is 0.379 e. The summed E-state index contributed by atoms with van der Waals surface area (Å²) in [5.41, 5.74) is 0. The summed E-state index contributed by atoms with van der Waals surface area (Å²) in [6, 6.07) is 0. The van der Waals surface area contributed by atoms with Crippen LogP contribution in [0.4, 0.5) is 0 Å². The molecule has 0 saturated carbocycles. The highest BCUT2D eigenvalue weighted by atomic mass is 16.8. The van der Waals surface area contributed by atoms with Crippen molar-refractivity contribution in [2.75, 3.05) is 66.1 Å². The highest BCUT2D eigenvalue weighted by Crippen LogP contribution is 2.33. The Morgan fingerprint density at radius 1 is 0.327 bits per heavy atom. The molecule has 288 valence electrons. The molecule has 13 heteroatoms. The van der Waals surface area contributed by atoms with E-state index in [9.17, 15) is 0 Å². The zero-order valence-electron chi connectivity index (χ0n) is 31.8. The fourth-order valence-corrected chi connectivity index (χ4v) is 6.56. The highest BCUT2D eigenvalue weighted by molar-refractivity contribution is 4.86. The minimum absolute atomic E-state index is 0.199. The molecule has 4 fully saturated rings. The van der Waals surface area contributed by atoms with Crippen LogP contribution < -0.4 is 0 Å². The van der Waals surface area contributed by atoms with Crippen molar-refractivity contribution in [1.29, 1.82) is 0 Å². The van der Waals surface area contributed by atoms with E-state index in [-0.39, 0.29) is 48.8 Å². The lowest BCUT2D eigenvalue weighted by Crippen LogP contribution is -2.38. The maximum absolute atomic E-state index is 6.20. The number of unbranched alkanes of at least 4 members (excludes halogenated alkanes) is 2. The Kier molecular flexibility index (Phi) is 15.6. The lowest BCUT2D eigenvalue weighted by molar-refractivity contribution is -0.162. The molecule has 8 unspecified atom stereocenters. The molecule has 0 aliphatic carbocycles. The third kappa shape index (κ3) is 13.4. The Balaban J connectivity index is 1.21. The molecule has 0 spiro atoms. The van der Waals surface area contributed by atoms with Gasteiger partial charge in [0.15, 0.2) is 23.1 Å². The van der Waals surface area contributed by atoms with Gasteiger partial charge >= 0.3 is 0 Å². The van der Waals surface area contributed by atoms with Gasteiger partial charge in [0.2, 0.25) is 0 Å². The molecular formula is C36H66O13. The van der Waals surface area contributed by atoms with Crippen molar-refractivity contribution in [2.45, 2.75) is 167 Å². The lowest BCUT2D eigenvalue weighted by Gasteiger charge is -2.22. The first kappa shape index (κ1) is 41.2. The SMILES string of the molecule is CCCCOCC1OC(C)(C)OC1COCC1OC(C)(C)OC1COCC1OC(C)(C)OC1COCC1OC(C)(C)OC1COCCCC. The molecule has 0 radical (unpaired) electrons. The maximum atomic E-state index is 6.20. The quantitative estimate of drug-likeness (QED) is 0.144. The number of hydrogen-bond donors (Lipinski definition) is 0. The molecule has 49 heavy (non-hydrogen) atoms. The van der Waals surface area contributed by atoms with Gasteiger partial charge in [0, 0.05) is 13.2 Å². The van der Waals surface area contributed by atoms with Gasteiger partial charge < -0.3 is 61.6 Å². The average molecular weight is 707 g/mol. The first-order valence-electron chi connectivity index (χ1n) is 18.4. The van der Waals surface area contributed by atoms with E-state index >= 15 is 0 Å². The van der Waals surface area contributed by atoms with E-state index in [0.29, 0.717) is 66.1 Å². The van der Waals surface area contributed by atoms with Gasteiger partial charge in [0.1, 0.15) is 48.8 Å². The van der Waals surface area contributed by atoms with Gasteiger partial charge in [-0.3, -0.25) is 0 Å². The predicted molar refractivity (Wildman–Crippen MR) is 179 cm³/mol. The predicted octanol–water partition coefficient (Wildman–Crippen LogP) is 4.75. The van der Waals surface area contributed by atoms with Gasteiger partial charge in [0.05, 0.1) is 52.9 Å². The van der Waals surface area contributed by atoms with Crippen molar-refractivity contribution >= 4 is 0 Å². The van der Waals surface area contributed by atoms with Gasteiger partial charge in [0.25, 0.3) is 0 Å². The van der Waals surface area contributed by atoms with Crippen LogP contribution in [0.2, 0.25) is 0 Å². The van der Waals surface area contributed by atoms with Crippen molar-refractivity contribution in [3.05, 3.63) is 0 Å². The van der Waals surface area contributed by atoms with Crippen LogP contribution in [0.1, 0.15) is 94.9 Å². The lowest BCUT2D eigenvalue weighted by atomic mass is 10.2. The van der Waals surface area contributed by atoms with E-state index in [4.69, 9.17) is 61.6 Å². The minimum Gasteiger partial charge on any atom is -0.379 e. The summed E-state index contributed by atoms with van der Waals surface area (Å²) < 4.78 is 79.3. The third-order valence-electron chi connectivity index (χ3n) is 8.68. The van der Waals surface area contributed by atoms with E-state index in [1.54, 1.807) is 0 Å². The number of hydrogen-bond acceptors (Lipinski definition) is 13. The van der Waals surface area contributed by atoms with Gasteiger partial charge in [-0.15, -0.1) is 0 Å². The van der Waals surface area contributed by atoms with Crippen LogP contribution in [-0.4, -0.2) is 138 Å². The third-order valence-corrected chi connectivity index (χ3v) is 8.68. The second-order valence-corrected chi connectivity index (χ2v) is 15.3. The maximum Gasteiger partial charge on any atom is 0.163 e. The van der Waals surface area contributed by atoms with E-state index in [2.05, 4.69) is 13.8 Å². The summed E-state index contributed by atoms with van der Waals surface area (Å²) in [5.74, 6) is -2.92. The van der Waals surface area contributed by atoms with Crippen LogP contribution in [0.3, 0.4) is 0 Å². The molecule has 0 aromatic rings. The molecule has 0 bridgehead atoms. The van der Waals surface area contributed by atoms with Crippen molar-refractivity contribution in [3.8, 4) is 0 Å². The van der Waals surface area contributed by atoms with Crippen molar-refractivity contribution < 1.29 is 61.6 Å². The van der Waals surface area contributed by atoms with Crippen LogP contribution in [-0.2, 0) is 61.6 Å². The van der Waals surface area contributed by atoms with E-state index in [1.807, 2.05) is 55.4 Å². The summed E-state index contributed by atoms with van der Waals surface area (Å²) in [6.07, 6.45) is 2.02. The Labute approximate surface area is 294 Å². The summed E-state index contributed by atoms with van der Waals surface area (Å²) in [6.45, 7) is 23.8. The molecule has 4 heterocycles. The Hall–Kier alpha value is -0.520. The van der Waals surface area contributed by atoms with Crippen LogP contribution in [0.5, 0.6) is 0 Å². The molecule has 4 aliphatic rings. The summed E-state index contributed by atoms with van der Waals surface area (Å²) in [5, 5.41) is 0. The molecular weight excluding hydrogens is 640 g/mol. The van der Waals surface area contributed by atoms with Crippen LogP contribution >= 0.6 is 0 Å². The smallest absolute Gasteiger partial charge is 0.163 e. The van der Waals surface area contributed by atoms with Gasteiger partial charge in [-0.2, -0.15) is 0 Å². The fraction of sp³-hybridized carbons (Fsp3) is 1.00. The number of rotatable bonds is 22. The molecule has 8 atom stereocenters. The summed E-state index contributed by atoms with van der Waals surface area (Å²) in [4.78, 5) is 0. The van der Waals surface area contributed by atoms with Crippen molar-refractivity contribution in [1.82, 2.24) is 0 Å². The second kappa shape index (κ2) is 18.5. The Morgan fingerprint density at radius 2 is 0.510 bits per heavy atom. The molecule has 13 nitrogen and oxygen atoms in total. The number of ether oxygens (including phenoxy) is 13. The monoisotopic (exact) mass is 706 g/mol. The molecule has 4 rings (SSSR count). The first-order valence-corrected chi connectivity index (χ1v) is 18.4. The Morgan fingerprint density at radius 3 is 0.694 bits per heavy atom. The molecule has 4 aliphatic heterocycles.